The average molecular weight is 153 g/mol. The van der Waals surface area contributed by atoms with Gasteiger partial charge in [0.2, 0.25) is 0 Å². The van der Waals surface area contributed by atoms with Crippen molar-refractivity contribution in [2.75, 3.05) is 6.54 Å². The predicted molar refractivity (Wildman–Crippen MR) is 47.5 cm³/mol. The van der Waals surface area contributed by atoms with E-state index in [1.165, 1.54) is 38.6 Å². The van der Waals surface area contributed by atoms with E-state index in [0.717, 1.165) is 17.9 Å². The highest BCUT2D eigenvalue weighted by Crippen LogP contribution is 2.31. The first-order chi connectivity index (χ1) is 5.34. The summed E-state index contributed by atoms with van der Waals surface area (Å²) in [5, 5.41) is 3.66. The van der Waals surface area contributed by atoms with Crippen molar-refractivity contribution in [2.45, 2.75) is 45.1 Å². The fraction of sp³-hybridized carbons (Fsp3) is 1.00. The maximum absolute atomic E-state index is 3.66. The highest BCUT2D eigenvalue weighted by molar-refractivity contribution is 4.82. The second-order valence-corrected chi connectivity index (χ2v) is 4.47. The maximum atomic E-state index is 3.66. The molecule has 0 spiro atoms. The Morgan fingerprint density at radius 1 is 1.09 bits per heavy atom. The summed E-state index contributed by atoms with van der Waals surface area (Å²) in [7, 11) is 0. The van der Waals surface area contributed by atoms with Crippen LogP contribution in [0.25, 0.3) is 0 Å². The smallest absolute Gasteiger partial charge is 0.00673 e. The molecule has 64 valence electrons. The Morgan fingerprint density at radius 3 is 2.55 bits per heavy atom. The van der Waals surface area contributed by atoms with E-state index < -0.39 is 0 Å². The van der Waals surface area contributed by atoms with E-state index in [1.54, 1.807) is 0 Å². The molecular formula is C10H19N. The summed E-state index contributed by atoms with van der Waals surface area (Å²) in [4.78, 5) is 0. The van der Waals surface area contributed by atoms with Gasteiger partial charge in [-0.25, -0.2) is 0 Å². The summed E-state index contributed by atoms with van der Waals surface area (Å²) < 4.78 is 0. The quantitative estimate of drug-likeness (QED) is 0.562. The van der Waals surface area contributed by atoms with Crippen molar-refractivity contribution in [1.82, 2.24) is 5.32 Å². The van der Waals surface area contributed by atoms with Crippen LogP contribution >= 0.6 is 0 Å². The van der Waals surface area contributed by atoms with Crippen LogP contribution in [-0.2, 0) is 0 Å². The SMILES string of the molecule is CC1CNC2CCC(CC2)C1. The molecule has 2 saturated heterocycles. The Balaban J connectivity index is 1.97. The minimum absolute atomic E-state index is 0.869. The number of fused-ring (bicyclic) bond motifs is 5. The zero-order valence-electron chi connectivity index (χ0n) is 7.47. The van der Waals surface area contributed by atoms with Crippen LogP contribution in [0, 0.1) is 11.8 Å². The zero-order chi connectivity index (χ0) is 7.68. The van der Waals surface area contributed by atoms with Gasteiger partial charge in [0.1, 0.15) is 0 Å². The molecule has 1 unspecified atom stereocenters. The number of hydrogen-bond acceptors (Lipinski definition) is 1. The van der Waals surface area contributed by atoms with Crippen LogP contribution in [-0.4, -0.2) is 12.6 Å². The Morgan fingerprint density at radius 2 is 1.82 bits per heavy atom. The van der Waals surface area contributed by atoms with Gasteiger partial charge in [-0.1, -0.05) is 6.92 Å². The van der Waals surface area contributed by atoms with Crippen molar-refractivity contribution in [3.8, 4) is 0 Å². The Bertz CT molecular complexity index is 125. The van der Waals surface area contributed by atoms with Gasteiger partial charge >= 0.3 is 0 Å². The van der Waals surface area contributed by atoms with Crippen LogP contribution < -0.4 is 5.32 Å². The third kappa shape index (κ3) is 1.76. The van der Waals surface area contributed by atoms with Gasteiger partial charge in [0.25, 0.3) is 0 Å². The van der Waals surface area contributed by atoms with Crippen LogP contribution in [0.3, 0.4) is 0 Å². The lowest BCUT2D eigenvalue weighted by molar-refractivity contribution is 0.212. The van der Waals surface area contributed by atoms with Crippen molar-refractivity contribution in [1.29, 1.82) is 0 Å². The Hall–Kier alpha value is -0.0400. The van der Waals surface area contributed by atoms with E-state index in [0.29, 0.717) is 0 Å². The summed E-state index contributed by atoms with van der Waals surface area (Å²) >= 11 is 0. The predicted octanol–water partition coefficient (Wildman–Crippen LogP) is 2.17. The normalized spacial score (nSPS) is 45.0. The molecule has 2 bridgehead atoms. The van der Waals surface area contributed by atoms with Gasteiger partial charge in [-0.05, 0) is 50.5 Å². The molecule has 1 aliphatic carbocycles. The summed E-state index contributed by atoms with van der Waals surface area (Å²) in [6, 6.07) is 0.869. The lowest BCUT2D eigenvalue weighted by Crippen LogP contribution is -2.39. The number of nitrogens with one attached hydrogen (secondary N) is 1. The van der Waals surface area contributed by atoms with Crippen LogP contribution in [0.2, 0.25) is 0 Å². The van der Waals surface area contributed by atoms with Crippen molar-refractivity contribution < 1.29 is 0 Å². The summed E-state index contributed by atoms with van der Waals surface area (Å²) in [5.74, 6) is 1.99. The molecule has 3 fully saturated rings. The minimum atomic E-state index is 0.869. The van der Waals surface area contributed by atoms with Crippen molar-refractivity contribution in [3.63, 3.8) is 0 Å². The first kappa shape index (κ1) is 7.60. The minimum Gasteiger partial charge on any atom is -0.314 e. The molecular weight excluding hydrogens is 134 g/mol. The molecule has 1 atom stereocenters. The van der Waals surface area contributed by atoms with Crippen LogP contribution in [0.15, 0.2) is 0 Å². The van der Waals surface area contributed by atoms with E-state index in [9.17, 15) is 0 Å². The lowest BCUT2D eigenvalue weighted by atomic mass is 9.79. The summed E-state index contributed by atoms with van der Waals surface area (Å²) in [6.45, 7) is 3.65. The topological polar surface area (TPSA) is 12.0 Å². The van der Waals surface area contributed by atoms with E-state index >= 15 is 0 Å². The standard InChI is InChI=1S/C10H19N/c1-8-6-9-2-4-10(5-3-9)11-7-8/h8-11H,2-7H2,1H3. The van der Waals surface area contributed by atoms with Crippen LogP contribution in [0.1, 0.15) is 39.0 Å². The molecule has 1 saturated carbocycles. The zero-order valence-corrected chi connectivity index (χ0v) is 7.47. The van der Waals surface area contributed by atoms with Gasteiger partial charge in [0.15, 0.2) is 0 Å². The van der Waals surface area contributed by atoms with Gasteiger partial charge in [-0.2, -0.15) is 0 Å². The highest BCUT2D eigenvalue weighted by atomic mass is 14.9. The third-order valence-electron chi connectivity index (χ3n) is 3.34. The molecule has 3 aliphatic rings. The summed E-state index contributed by atoms with van der Waals surface area (Å²) in [6.07, 6.45) is 7.33. The average Bonchev–Trinajstić information content (AvgIpc) is 1.98. The van der Waals surface area contributed by atoms with Gasteiger partial charge < -0.3 is 5.32 Å². The van der Waals surface area contributed by atoms with Crippen LogP contribution in [0.4, 0.5) is 0 Å². The first-order valence-electron chi connectivity index (χ1n) is 5.08. The molecule has 0 aromatic heterocycles. The van der Waals surface area contributed by atoms with Crippen molar-refractivity contribution in [3.05, 3.63) is 0 Å². The van der Waals surface area contributed by atoms with Gasteiger partial charge in [0, 0.05) is 6.04 Å². The Labute approximate surface area is 69.6 Å². The molecule has 0 aromatic rings. The fourth-order valence-electron chi connectivity index (χ4n) is 2.62. The van der Waals surface area contributed by atoms with E-state index in [2.05, 4.69) is 12.2 Å². The van der Waals surface area contributed by atoms with Crippen LogP contribution in [0.5, 0.6) is 0 Å². The van der Waals surface area contributed by atoms with Crippen molar-refractivity contribution in [2.24, 2.45) is 11.8 Å². The molecule has 0 amide bonds. The molecule has 11 heavy (non-hydrogen) atoms. The van der Waals surface area contributed by atoms with Gasteiger partial charge in [-0.15, -0.1) is 0 Å². The molecule has 0 radical (unpaired) electrons. The second kappa shape index (κ2) is 3.14. The monoisotopic (exact) mass is 153 g/mol. The molecule has 2 aliphatic heterocycles. The molecule has 3 rings (SSSR count). The summed E-state index contributed by atoms with van der Waals surface area (Å²) in [5.41, 5.74) is 0. The van der Waals surface area contributed by atoms with Gasteiger partial charge in [0.05, 0.1) is 0 Å². The molecule has 1 N–H and O–H groups in total. The Kier molecular flexibility index (Phi) is 2.17. The molecule has 0 aromatic carbocycles. The highest BCUT2D eigenvalue weighted by Gasteiger charge is 2.25. The van der Waals surface area contributed by atoms with E-state index in [4.69, 9.17) is 0 Å². The largest absolute Gasteiger partial charge is 0.314 e. The number of hydrogen-bond donors (Lipinski definition) is 1. The molecule has 1 nitrogen and oxygen atoms in total. The number of rotatable bonds is 0. The first-order valence-corrected chi connectivity index (χ1v) is 5.08. The fourth-order valence-corrected chi connectivity index (χ4v) is 2.62. The lowest BCUT2D eigenvalue weighted by Gasteiger charge is -2.35. The van der Waals surface area contributed by atoms with E-state index in [1.807, 2.05) is 0 Å². The van der Waals surface area contributed by atoms with Gasteiger partial charge in [-0.3, -0.25) is 0 Å². The van der Waals surface area contributed by atoms with E-state index in [-0.39, 0.29) is 0 Å². The molecule has 2 heterocycles. The molecule has 1 heteroatoms. The second-order valence-electron chi connectivity index (χ2n) is 4.47. The van der Waals surface area contributed by atoms with Crippen molar-refractivity contribution >= 4 is 0 Å². The maximum Gasteiger partial charge on any atom is 0.00673 e. The third-order valence-corrected chi connectivity index (χ3v) is 3.34.